The van der Waals surface area contributed by atoms with E-state index in [1.165, 1.54) is 12.8 Å². The van der Waals surface area contributed by atoms with Crippen molar-refractivity contribution in [3.8, 4) is 0 Å². The monoisotopic (exact) mass is 237 g/mol. The molecule has 0 spiro atoms. The van der Waals surface area contributed by atoms with E-state index in [-0.39, 0.29) is 6.16 Å². The first-order valence-electron chi connectivity index (χ1n) is 5.79. The lowest BCUT2D eigenvalue weighted by Crippen LogP contribution is -2.16. The number of hydrogen-bond donors (Lipinski definition) is 2. The van der Waals surface area contributed by atoms with Crippen molar-refractivity contribution < 1.29 is 14.0 Å². The van der Waals surface area contributed by atoms with E-state index in [1.807, 2.05) is 0 Å². The van der Waals surface area contributed by atoms with Crippen molar-refractivity contribution in [3.05, 3.63) is 0 Å². The summed E-state index contributed by atoms with van der Waals surface area (Å²) in [7, 11) is -3.28. The molecular weight excluding hydrogens is 213 g/mol. The molecule has 0 aliphatic heterocycles. The normalized spacial score (nSPS) is 15.1. The van der Waals surface area contributed by atoms with E-state index in [1.54, 1.807) is 6.92 Å². The number of unbranched alkanes of at least 4 members (excludes halogenated alkanes) is 2. The van der Waals surface area contributed by atoms with Gasteiger partial charge in [-0.3, -0.25) is 4.57 Å². The van der Waals surface area contributed by atoms with Crippen LogP contribution < -0.4 is 5.32 Å². The summed E-state index contributed by atoms with van der Waals surface area (Å²) in [6.07, 6.45) is 4.34. The van der Waals surface area contributed by atoms with Crippen molar-refractivity contribution in [1.82, 2.24) is 5.32 Å². The maximum absolute atomic E-state index is 11.3. The minimum Gasteiger partial charge on any atom is -0.324 e. The van der Waals surface area contributed by atoms with Crippen LogP contribution in [0, 0.1) is 0 Å². The lowest BCUT2D eigenvalue weighted by molar-refractivity contribution is 0.273. The second-order valence-electron chi connectivity index (χ2n) is 3.59. The second kappa shape index (κ2) is 9.34. The first-order chi connectivity index (χ1) is 7.12. The highest BCUT2D eigenvalue weighted by atomic mass is 31.2. The Hall–Kier alpha value is 0.110. The van der Waals surface area contributed by atoms with Gasteiger partial charge in [0.05, 0.1) is 12.8 Å². The van der Waals surface area contributed by atoms with Gasteiger partial charge in [0.15, 0.2) is 0 Å². The highest BCUT2D eigenvalue weighted by molar-refractivity contribution is 7.52. The molecule has 0 saturated heterocycles. The summed E-state index contributed by atoms with van der Waals surface area (Å²) in [5.41, 5.74) is 0. The fraction of sp³-hybridized carbons (Fsp3) is 1.00. The quantitative estimate of drug-likeness (QED) is 0.452. The Kier molecular flexibility index (Phi) is 9.41. The van der Waals surface area contributed by atoms with Gasteiger partial charge in [-0.25, -0.2) is 0 Å². The van der Waals surface area contributed by atoms with Crippen molar-refractivity contribution >= 4 is 7.60 Å². The average Bonchev–Trinajstić information content (AvgIpc) is 2.16. The first kappa shape index (κ1) is 15.1. The molecule has 15 heavy (non-hydrogen) atoms. The Balaban J connectivity index is 3.26. The van der Waals surface area contributed by atoms with E-state index in [0.29, 0.717) is 6.61 Å². The van der Waals surface area contributed by atoms with Crippen molar-refractivity contribution in [2.45, 2.75) is 39.5 Å². The molecule has 0 bridgehead atoms. The summed E-state index contributed by atoms with van der Waals surface area (Å²) < 4.78 is 16.0. The van der Waals surface area contributed by atoms with Crippen LogP contribution >= 0.6 is 7.60 Å². The summed E-state index contributed by atoms with van der Waals surface area (Å²) in [5, 5.41) is 3.29. The summed E-state index contributed by atoms with van der Waals surface area (Å²) in [6.45, 7) is 6.16. The van der Waals surface area contributed by atoms with Crippen molar-refractivity contribution in [1.29, 1.82) is 0 Å². The molecule has 0 aromatic heterocycles. The van der Waals surface area contributed by atoms with Crippen LogP contribution in [0.4, 0.5) is 0 Å². The van der Waals surface area contributed by atoms with E-state index in [0.717, 1.165) is 25.9 Å². The minimum atomic E-state index is -3.28. The van der Waals surface area contributed by atoms with Gasteiger partial charge in [-0.05, 0) is 39.3 Å². The van der Waals surface area contributed by atoms with Gasteiger partial charge in [0.1, 0.15) is 0 Å². The van der Waals surface area contributed by atoms with E-state index in [2.05, 4.69) is 12.2 Å². The van der Waals surface area contributed by atoms with Crippen LogP contribution in [0.15, 0.2) is 0 Å². The molecule has 0 rings (SSSR count). The van der Waals surface area contributed by atoms with Crippen molar-refractivity contribution in [3.63, 3.8) is 0 Å². The molecule has 0 aromatic carbocycles. The SMILES string of the molecule is CCCCNCCCCP(=O)(O)OCC. The molecule has 0 heterocycles. The largest absolute Gasteiger partial charge is 0.328 e. The Morgan fingerprint density at radius 3 is 2.47 bits per heavy atom. The van der Waals surface area contributed by atoms with Gasteiger partial charge in [-0.15, -0.1) is 0 Å². The molecule has 0 amide bonds. The number of nitrogens with one attached hydrogen (secondary N) is 1. The molecule has 2 N–H and O–H groups in total. The Labute approximate surface area is 92.9 Å². The van der Waals surface area contributed by atoms with Crippen LogP contribution in [0.5, 0.6) is 0 Å². The summed E-state index contributed by atoms with van der Waals surface area (Å²) in [5.74, 6) is 0. The van der Waals surface area contributed by atoms with Crippen LogP contribution in [-0.2, 0) is 9.09 Å². The van der Waals surface area contributed by atoms with Crippen LogP contribution in [0.25, 0.3) is 0 Å². The maximum atomic E-state index is 11.3. The molecule has 1 atom stereocenters. The molecule has 5 heteroatoms. The number of rotatable bonds is 10. The van der Waals surface area contributed by atoms with Gasteiger partial charge in [0.25, 0.3) is 0 Å². The van der Waals surface area contributed by atoms with Gasteiger partial charge < -0.3 is 14.7 Å². The molecule has 0 saturated carbocycles. The molecule has 92 valence electrons. The van der Waals surface area contributed by atoms with Crippen LogP contribution in [0.2, 0.25) is 0 Å². The van der Waals surface area contributed by atoms with Gasteiger partial charge in [-0.2, -0.15) is 0 Å². The minimum absolute atomic E-state index is 0.274. The summed E-state index contributed by atoms with van der Waals surface area (Å²) in [4.78, 5) is 9.27. The highest BCUT2D eigenvalue weighted by Crippen LogP contribution is 2.42. The Morgan fingerprint density at radius 2 is 1.87 bits per heavy atom. The molecule has 0 radical (unpaired) electrons. The molecule has 0 fully saturated rings. The zero-order valence-electron chi connectivity index (χ0n) is 9.87. The maximum Gasteiger partial charge on any atom is 0.328 e. The van der Waals surface area contributed by atoms with E-state index in [4.69, 9.17) is 4.52 Å². The van der Waals surface area contributed by atoms with Gasteiger partial charge in [-0.1, -0.05) is 13.3 Å². The molecule has 0 aromatic rings. The summed E-state index contributed by atoms with van der Waals surface area (Å²) >= 11 is 0. The smallest absolute Gasteiger partial charge is 0.324 e. The fourth-order valence-electron chi connectivity index (χ4n) is 1.25. The zero-order chi connectivity index (χ0) is 11.6. The van der Waals surface area contributed by atoms with Gasteiger partial charge in [0, 0.05) is 0 Å². The Morgan fingerprint density at radius 1 is 1.20 bits per heavy atom. The summed E-state index contributed by atoms with van der Waals surface area (Å²) in [6, 6.07) is 0. The third kappa shape index (κ3) is 10.4. The van der Waals surface area contributed by atoms with E-state index >= 15 is 0 Å². The fourth-order valence-corrected chi connectivity index (χ4v) is 2.41. The second-order valence-corrected chi connectivity index (χ2v) is 5.57. The van der Waals surface area contributed by atoms with E-state index in [9.17, 15) is 9.46 Å². The van der Waals surface area contributed by atoms with Crippen molar-refractivity contribution in [2.75, 3.05) is 25.9 Å². The predicted molar refractivity (Wildman–Crippen MR) is 63.3 cm³/mol. The third-order valence-corrected chi connectivity index (χ3v) is 3.63. The number of hydrogen-bond acceptors (Lipinski definition) is 3. The third-order valence-electron chi connectivity index (χ3n) is 2.08. The average molecular weight is 237 g/mol. The molecule has 0 aliphatic carbocycles. The van der Waals surface area contributed by atoms with Crippen LogP contribution in [-0.4, -0.2) is 30.8 Å². The molecule has 0 aliphatic rings. The molecule has 1 unspecified atom stereocenters. The first-order valence-corrected chi connectivity index (χ1v) is 7.55. The molecule has 4 nitrogen and oxygen atoms in total. The topological polar surface area (TPSA) is 58.6 Å². The standard InChI is InChI=1S/C10H24NO3P/c1-3-5-8-11-9-6-7-10-15(12,13)14-4-2/h11H,3-10H2,1-2H3,(H,12,13). The van der Waals surface area contributed by atoms with Gasteiger partial charge in [0.2, 0.25) is 0 Å². The van der Waals surface area contributed by atoms with Crippen molar-refractivity contribution in [2.24, 2.45) is 0 Å². The molecular formula is C10H24NO3P. The lowest BCUT2D eigenvalue weighted by Gasteiger charge is -2.10. The zero-order valence-corrected chi connectivity index (χ0v) is 10.8. The predicted octanol–water partition coefficient (Wildman–Crippen LogP) is 2.38. The van der Waals surface area contributed by atoms with Crippen LogP contribution in [0.3, 0.4) is 0 Å². The highest BCUT2D eigenvalue weighted by Gasteiger charge is 2.16. The van der Waals surface area contributed by atoms with Crippen LogP contribution in [0.1, 0.15) is 39.5 Å². The van der Waals surface area contributed by atoms with E-state index < -0.39 is 7.60 Å². The lowest BCUT2D eigenvalue weighted by atomic mass is 10.3. The van der Waals surface area contributed by atoms with Gasteiger partial charge >= 0.3 is 7.60 Å². The Bertz CT molecular complexity index is 188.